The first-order chi connectivity index (χ1) is 10.3. The Morgan fingerprint density at radius 1 is 1.24 bits per heavy atom. The molecule has 1 unspecified atom stereocenters. The average Bonchev–Trinajstić information content (AvgIpc) is 2.92. The standard InChI is InChI=1S/C17H20N2O2/c20-12-15(13-6-2-1-3-7-13)18-17(21)16-10-5-11-19(16)14-8-4-9-14/h1-3,5-7,10-11,14-15,20H,4,8-9,12H2,(H,18,21). The van der Waals surface area contributed by atoms with Gasteiger partial charge in [0.05, 0.1) is 12.6 Å². The Hall–Kier alpha value is -2.07. The fourth-order valence-electron chi connectivity index (χ4n) is 2.72. The molecular weight excluding hydrogens is 264 g/mol. The Kier molecular flexibility index (Phi) is 4.06. The molecule has 1 fully saturated rings. The van der Waals surface area contributed by atoms with E-state index in [0.717, 1.165) is 18.4 Å². The highest BCUT2D eigenvalue weighted by atomic mass is 16.3. The summed E-state index contributed by atoms with van der Waals surface area (Å²) in [4.78, 5) is 12.5. The fraction of sp³-hybridized carbons (Fsp3) is 0.353. The predicted molar refractivity (Wildman–Crippen MR) is 81.1 cm³/mol. The summed E-state index contributed by atoms with van der Waals surface area (Å²) in [6.07, 6.45) is 5.47. The van der Waals surface area contributed by atoms with Crippen LogP contribution < -0.4 is 5.32 Å². The molecular formula is C17H20N2O2. The molecule has 0 aliphatic heterocycles. The minimum atomic E-state index is -0.372. The van der Waals surface area contributed by atoms with E-state index in [1.54, 1.807) is 0 Å². The molecule has 3 rings (SSSR count). The first kappa shape index (κ1) is 13.9. The Morgan fingerprint density at radius 3 is 2.62 bits per heavy atom. The molecule has 1 aliphatic carbocycles. The molecule has 21 heavy (non-hydrogen) atoms. The lowest BCUT2D eigenvalue weighted by Crippen LogP contribution is -2.33. The number of aliphatic hydroxyl groups is 1. The summed E-state index contributed by atoms with van der Waals surface area (Å²) in [6.45, 7) is -0.111. The number of hydrogen-bond acceptors (Lipinski definition) is 2. The van der Waals surface area contributed by atoms with Crippen LogP contribution in [-0.4, -0.2) is 22.2 Å². The summed E-state index contributed by atoms with van der Waals surface area (Å²) in [5, 5.41) is 12.5. The van der Waals surface area contributed by atoms with Crippen LogP contribution in [-0.2, 0) is 0 Å². The van der Waals surface area contributed by atoms with Crippen molar-refractivity contribution in [3.05, 3.63) is 59.9 Å². The quantitative estimate of drug-likeness (QED) is 0.887. The van der Waals surface area contributed by atoms with Crippen LogP contribution in [0.4, 0.5) is 0 Å². The van der Waals surface area contributed by atoms with Gasteiger partial charge >= 0.3 is 0 Å². The van der Waals surface area contributed by atoms with Gasteiger partial charge in [-0.1, -0.05) is 30.3 Å². The second-order valence-corrected chi connectivity index (χ2v) is 5.50. The lowest BCUT2D eigenvalue weighted by atomic mass is 9.93. The van der Waals surface area contributed by atoms with Gasteiger partial charge in [0.25, 0.3) is 5.91 Å². The van der Waals surface area contributed by atoms with Gasteiger partial charge in [0, 0.05) is 12.2 Å². The Bertz CT molecular complexity index is 602. The highest BCUT2D eigenvalue weighted by Gasteiger charge is 2.24. The normalized spacial score (nSPS) is 16.2. The van der Waals surface area contributed by atoms with Crippen molar-refractivity contribution < 1.29 is 9.90 Å². The first-order valence-electron chi connectivity index (χ1n) is 7.43. The van der Waals surface area contributed by atoms with Gasteiger partial charge in [-0.3, -0.25) is 4.79 Å². The second-order valence-electron chi connectivity index (χ2n) is 5.50. The third-order valence-corrected chi connectivity index (χ3v) is 4.17. The number of benzene rings is 1. The van der Waals surface area contributed by atoms with Gasteiger partial charge in [0.1, 0.15) is 5.69 Å². The van der Waals surface area contributed by atoms with Crippen LogP contribution in [0.5, 0.6) is 0 Å². The van der Waals surface area contributed by atoms with E-state index < -0.39 is 0 Å². The van der Waals surface area contributed by atoms with Crippen molar-refractivity contribution in [2.24, 2.45) is 0 Å². The molecule has 2 N–H and O–H groups in total. The van der Waals surface area contributed by atoms with Crippen LogP contribution in [0.2, 0.25) is 0 Å². The third kappa shape index (κ3) is 2.85. The maximum Gasteiger partial charge on any atom is 0.268 e. The molecule has 0 bridgehead atoms. The molecule has 0 saturated heterocycles. The average molecular weight is 284 g/mol. The molecule has 2 aromatic rings. The Balaban J connectivity index is 1.75. The minimum absolute atomic E-state index is 0.111. The van der Waals surface area contributed by atoms with Gasteiger partial charge in [-0.05, 0) is 37.0 Å². The zero-order chi connectivity index (χ0) is 14.7. The van der Waals surface area contributed by atoms with Gasteiger partial charge in [0.2, 0.25) is 0 Å². The predicted octanol–water partition coefficient (Wildman–Crippen LogP) is 2.68. The number of nitrogens with one attached hydrogen (secondary N) is 1. The van der Waals surface area contributed by atoms with E-state index in [2.05, 4.69) is 9.88 Å². The number of carbonyl (C=O) groups is 1. The third-order valence-electron chi connectivity index (χ3n) is 4.17. The van der Waals surface area contributed by atoms with Crippen LogP contribution in [0.25, 0.3) is 0 Å². The first-order valence-corrected chi connectivity index (χ1v) is 7.43. The SMILES string of the molecule is O=C(NC(CO)c1ccccc1)c1cccn1C1CCC1. The van der Waals surface area contributed by atoms with Crippen LogP contribution in [0, 0.1) is 0 Å². The highest BCUT2D eigenvalue weighted by molar-refractivity contribution is 5.93. The smallest absolute Gasteiger partial charge is 0.268 e. The van der Waals surface area contributed by atoms with Gasteiger partial charge in [-0.15, -0.1) is 0 Å². The summed E-state index contributed by atoms with van der Waals surface area (Å²) in [7, 11) is 0. The van der Waals surface area contributed by atoms with E-state index in [0.29, 0.717) is 11.7 Å². The molecule has 4 nitrogen and oxygen atoms in total. The van der Waals surface area contributed by atoms with E-state index in [1.165, 1.54) is 6.42 Å². The van der Waals surface area contributed by atoms with Gasteiger partial charge in [0.15, 0.2) is 0 Å². The van der Waals surface area contributed by atoms with E-state index in [9.17, 15) is 9.90 Å². The molecule has 1 aliphatic rings. The van der Waals surface area contributed by atoms with Crippen LogP contribution >= 0.6 is 0 Å². The van der Waals surface area contributed by atoms with Crippen molar-refractivity contribution in [2.75, 3.05) is 6.61 Å². The fourth-order valence-corrected chi connectivity index (χ4v) is 2.72. The Morgan fingerprint density at radius 2 is 2.00 bits per heavy atom. The number of aliphatic hydroxyl groups excluding tert-OH is 1. The second kappa shape index (κ2) is 6.14. The number of rotatable bonds is 5. The highest BCUT2D eigenvalue weighted by Crippen LogP contribution is 2.32. The van der Waals surface area contributed by atoms with Gasteiger partial charge < -0.3 is 15.0 Å². The zero-order valence-electron chi connectivity index (χ0n) is 11.9. The zero-order valence-corrected chi connectivity index (χ0v) is 11.9. The largest absolute Gasteiger partial charge is 0.394 e. The van der Waals surface area contributed by atoms with Crippen LogP contribution in [0.3, 0.4) is 0 Å². The molecule has 1 saturated carbocycles. The molecule has 1 aromatic heterocycles. The molecule has 1 atom stereocenters. The number of nitrogens with zero attached hydrogens (tertiary/aromatic N) is 1. The summed E-state index contributed by atoms with van der Waals surface area (Å²) < 4.78 is 2.05. The lowest BCUT2D eigenvalue weighted by Gasteiger charge is -2.29. The van der Waals surface area contributed by atoms with Crippen molar-refractivity contribution >= 4 is 5.91 Å². The summed E-state index contributed by atoms with van der Waals surface area (Å²) in [5.74, 6) is -0.130. The van der Waals surface area contributed by atoms with Crippen molar-refractivity contribution in [2.45, 2.75) is 31.3 Å². The maximum absolute atomic E-state index is 12.5. The summed E-state index contributed by atoms with van der Waals surface area (Å²) in [6, 6.07) is 13.4. The number of aromatic nitrogens is 1. The summed E-state index contributed by atoms with van der Waals surface area (Å²) in [5.41, 5.74) is 1.59. The van der Waals surface area contributed by atoms with Crippen molar-refractivity contribution in [1.29, 1.82) is 0 Å². The molecule has 1 aromatic carbocycles. The van der Waals surface area contributed by atoms with Crippen molar-refractivity contribution in [3.8, 4) is 0 Å². The molecule has 1 amide bonds. The topological polar surface area (TPSA) is 54.3 Å². The van der Waals surface area contributed by atoms with Crippen LogP contribution in [0.15, 0.2) is 48.7 Å². The van der Waals surface area contributed by atoms with Crippen LogP contribution in [0.1, 0.15) is 47.4 Å². The monoisotopic (exact) mass is 284 g/mol. The molecule has 0 spiro atoms. The number of carbonyl (C=O) groups excluding carboxylic acids is 1. The molecule has 0 radical (unpaired) electrons. The van der Waals surface area contributed by atoms with Gasteiger partial charge in [-0.2, -0.15) is 0 Å². The maximum atomic E-state index is 12.5. The van der Waals surface area contributed by atoms with E-state index in [1.807, 2.05) is 48.7 Å². The Labute approximate surface area is 124 Å². The number of amides is 1. The van der Waals surface area contributed by atoms with Crippen molar-refractivity contribution in [1.82, 2.24) is 9.88 Å². The number of hydrogen-bond donors (Lipinski definition) is 2. The van der Waals surface area contributed by atoms with E-state index >= 15 is 0 Å². The lowest BCUT2D eigenvalue weighted by molar-refractivity contribution is 0.0901. The van der Waals surface area contributed by atoms with Crippen molar-refractivity contribution in [3.63, 3.8) is 0 Å². The molecule has 110 valence electrons. The minimum Gasteiger partial charge on any atom is -0.394 e. The van der Waals surface area contributed by atoms with E-state index in [-0.39, 0.29) is 18.6 Å². The molecule has 4 heteroatoms. The summed E-state index contributed by atoms with van der Waals surface area (Å²) >= 11 is 0. The van der Waals surface area contributed by atoms with Gasteiger partial charge in [-0.25, -0.2) is 0 Å². The van der Waals surface area contributed by atoms with E-state index in [4.69, 9.17) is 0 Å². The molecule has 1 heterocycles.